The second kappa shape index (κ2) is 2.23. The van der Waals surface area contributed by atoms with Crippen molar-refractivity contribution in [3.63, 3.8) is 0 Å². The maximum atomic E-state index is 5.43. The number of epoxide rings is 1. The number of rotatable bonds is 1. The molecule has 1 saturated heterocycles. The molecule has 2 fully saturated rings. The molecule has 0 N–H and O–H groups in total. The number of ether oxygens (including phenoxy) is 1. The zero-order valence-electron chi connectivity index (χ0n) is 6.73. The normalized spacial score (nSPS) is 45.9. The molecule has 1 spiro atoms. The lowest BCUT2D eigenvalue weighted by Gasteiger charge is -2.24. The van der Waals surface area contributed by atoms with E-state index in [-0.39, 0.29) is 0 Å². The Hall–Kier alpha value is -0.0400. The predicted octanol–water partition coefficient (Wildman–Crippen LogP) is 2.36. The lowest BCUT2D eigenvalue weighted by atomic mass is 9.81. The second-order valence-corrected chi connectivity index (χ2v) is 3.82. The summed E-state index contributed by atoms with van der Waals surface area (Å²) in [4.78, 5) is 0. The van der Waals surface area contributed by atoms with Gasteiger partial charge in [0.15, 0.2) is 0 Å². The van der Waals surface area contributed by atoms with E-state index in [2.05, 4.69) is 6.92 Å². The Bertz CT molecular complexity index is 117. The van der Waals surface area contributed by atoms with E-state index in [1.165, 1.54) is 32.1 Å². The summed E-state index contributed by atoms with van der Waals surface area (Å²) in [5, 5.41) is 0. The maximum absolute atomic E-state index is 5.43. The van der Waals surface area contributed by atoms with Gasteiger partial charge < -0.3 is 4.74 Å². The van der Waals surface area contributed by atoms with Crippen LogP contribution in [0, 0.1) is 5.92 Å². The van der Waals surface area contributed by atoms with Gasteiger partial charge in [0.2, 0.25) is 0 Å². The van der Waals surface area contributed by atoms with Crippen LogP contribution in [0.1, 0.15) is 39.0 Å². The fraction of sp³-hybridized carbons (Fsp3) is 1.00. The minimum atomic E-state index is 0.408. The van der Waals surface area contributed by atoms with Gasteiger partial charge in [-0.05, 0) is 31.6 Å². The molecule has 1 heteroatoms. The van der Waals surface area contributed by atoms with Gasteiger partial charge in [-0.25, -0.2) is 0 Å². The zero-order valence-corrected chi connectivity index (χ0v) is 6.73. The Kier molecular flexibility index (Phi) is 1.48. The molecule has 1 heterocycles. The Labute approximate surface area is 62.8 Å². The second-order valence-electron chi connectivity index (χ2n) is 3.82. The van der Waals surface area contributed by atoms with Crippen molar-refractivity contribution in [3.8, 4) is 0 Å². The van der Waals surface area contributed by atoms with E-state index >= 15 is 0 Å². The molecule has 1 saturated carbocycles. The van der Waals surface area contributed by atoms with Crippen LogP contribution in [0.5, 0.6) is 0 Å². The first-order chi connectivity index (χ1) is 4.85. The van der Waals surface area contributed by atoms with Crippen molar-refractivity contribution in [3.05, 3.63) is 0 Å². The Morgan fingerprint density at radius 1 is 1.40 bits per heavy atom. The van der Waals surface area contributed by atoms with Crippen molar-refractivity contribution in [1.82, 2.24) is 0 Å². The van der Waals surface area contributed by atoms with Gasteiger partial charge in [-0.1, -0.05) is 13.3 Å². The molecule has 0 aromatic rings. The smallest absolute Gasteiger partial charge is 0.0916 e. The van der Waals surface area contributed by atoms with Gasteiger partial charge in [0.1, 0.15) is 0 Å². The number of hydrogen-bond donors (Lipinski definition) is 0. The SMILES string of the molecule is CCC1CCC2(CC1)CO2. The summed E-state index contributed by atoms with van der Waals surface area (Å²) in [6, 6.07) is 0. The van der Waals surface area contributed by atoms with E-state index in [0.29, 0.717) is 5.60 Å². The van der Waals surface area contributed by atoms with Crippen LogP contribution >= 0.6 is 0 Å². The van der Waals surface area contributed by atoms with Crippen molar-refractivity contribution in [2.45, 2.75) is 44.6 Å². The lowest BCUT2D eigenvalue weighted by molar-refractivity contribution is 0.196. The zero-order chi connectivity index (χ0) is 7.03. The van der Waals surface area contributed by atoms with Gasteiger partial charge in [-0.3, -0.25) is 0 Å². The standard InChI is InChI=1S/C9H16O/c1-2-8-3-5-9(6-4-8)7-10-9/h8H,2-7H2,1H3. The summed E-state index contributed by atoms with van der Waals surface area (Å²) in [5.41, 5.74) is 0.408. The van der Waals surface area contributed by atoms with Gasteiger partial charge in [0, 0.05) is 0 Å². The highest BCUT2D eigenvalue weighted by Crippen LogP contribution is 2.44. The van der Waals surface area contributed by atoms with Crippen molar-refractivity contribution in [2.75, 3.05) is 6.61 Å². The topological polar surface area (TPSA) is 12.5 Å². The molecule has 58 valence electrons. The molecule has 0 atom stereocenters. The molecular weight excluding hydrogens is 124 g/mol. The Morgan fingerprint density at radius 2 is 2.00 bits per heavy atom. The molecule has 1 aliphatic carbocycles. The van der Waals surface area contributed by atoms with Crippen LogP contribution in [0.4, 0.5) is 0 Å². The molecule has 2 rings (SSSR count). The van der Waals surface area contributed by atoms with Gasteiger partial charge in [-0.15, -0.1) is 0 Å². The third-order valence-electron chi connectivity index (χ3n) is 3.15. The Balaban J connectivity index is 1.84. The summed E-state index contributed by atoms with van der Waals surface area (Å²) in [6.07, 6.45) is 6.88. The van der Waals surface area contributed by atoms with Crippen molar-refractivity contribution in [1.29, 1.82) is 0 Å². The quantitative estimate of drug-likeness (QED) is 0.509. The largest absolute Gasteiger partial charge is 0.370 e. The first-order valence-corrected chi connectivity index (χ1v) is 4.49. The van der Waals surface area contributed by atoms with E-state index < -0.39 is 0 Å². The first-order valence-electron chi connectivity index (χ1n) is 4.49. The third-order valence-corrected chi connectivity index (χ3v) is 3.15. The summed E-state index contributed by atoms with van der Waals surface area (Å²) < 4.78 is 5.43. The minimum Gasteiger partial charge on any atom is -0.370 e. The van der Waals surface area contributed by atoms with Crippen molar-refractivity contribution >= 4 is 0 Å². The van der Waals surface area contributed by atoms with E-state index in [1.54, 1.807) is 0 Å². The molecule has 0 amide bonds. The monoisotopic (exact) mass is 140 g/mol. The molecule has 0 radical (unpaired) electrons. The van der Waals surface area contributed by atoms with Crippen molar-refractivity contribution in [2.24, 2.45) is 5.92 Å². The number of hydrogen-bond acceptors (Lipinski definition) is 1. The molecule has 0 aromatic heterocycles. The molecule has 1 aliphatic heterocycles. The van der Waals surface area contributed by atoms with Gasteiger partial charge >= 0.3 is 0 Å². The van der Waals surface area contributed by atoms with Crippen LogP contribution in [0.25, 0.3) is 0 Å². The van der Waals surface area contributed by atoms with E-state index in [4.69, 9.17) is 4.74 Å². The Morgan fingerprint density at radius 3 is 2.40 bits per heavy atom. The van der Waals surface area contributed by atoms with Crippen LogP contribution in [0.2, 0.25) is 0 Å². The van der Waals surface area contributed by atoms with Crippen LogP contribution in [-0.2, 0) is 4.74 Å². The fourth-order valence-corrected chi connectivity index (χ4v) is 2.00. The first kappa shape index (κ1) is 6.66. The molecule has 0 aromatic carbocycles. The highest BCUT2D eigenvalue weighted by atomic mass is 16.6. The van der Waals surface area contributed by atoms with Crippen LogP contribution in [0.3, 0.4) is 0 Å². The predicted molar refractivity (Wildman–Crippen MR) is 40.9 cm³/mol. The summed E-state index contributed by atoms with van der Waals surface area (Å²) in [5.74, 6) is 1.01. The fourth-order valence-electron chi connectivity index (χ4n) is 2.00. The molecule has 0 unspecified atom stereocenters. The molecule has 2 aliphatic rings. The molecule has 0 bridgehead atoms. The highest BCUT2D eigenvalue weighted by Gasteiger charge is 2.46. The van der Waals surface area contributed by atoms with E-state index in [0.717, 1.165) is 12.5 Å². The van der Waals surface area contributed by atoms with Crippen LogP contribution < -0.4 is 0 Å². The lowest BCUT2D eigenvalue weighted by Crippen LogP contribution is -2.20. The van der Waals surface area contributed by atoms with E-state index in [9.17, 15) is 0 Å². The van der Waals surface area contributed by atoms with Gasteiger partial charge in [-0.2, -0.15) is 0 Å². The average Bonchev–Trinajstić information content (AvgIpc) is 2.72. The maximum Gasteiger partial charge on any atom is 0.0916 e. The molecular formula is C9H16O. The van der Waals surface area contributed by atoms with Crippen LogP contribution in [-0.4, -0.2) is 12.2 Å². The van der Waals surface area contributed by atoms with Crippen LogP contribution in [0.15, 0.2) is 0 Å². The minimum absolute atomic E-state index is 0.408. The highest BCUT2D eigenvalue weighted by molar-refractivity contribution is 4.95. The van der Waals surface area contributed by atoms with E-state index in [1.807, 2.05) is 0 Å². The van der Waals surface area contributed by atoms with Gasteiger partial charge in [0.25, 0.3) is 0 Å². The average molecular weight is 140 g/mol. The molecule has 10 heavy (non-hydrogen) atoms. The van der Waals surface area contributed by atoms with Gasteiger partial charge in [0.05, 0.1) is 12.2 Å². The molecule has 1 nitrogen and oxygen atoms in total. The summed E-state index contributed by atoms with van der Waals surface area (Å²) in [7, 11) is 0. The third kappa shape index (κ3) is 1.07. The summed E-state index contributed by atoms with van der Waals surface area (Å²) in [6.45, 7) is 3.36. The summed E-state index contributed by atoms with van der Waals surface area (Å²) >= 11 is 0. The van der Waals surface area contributed by atoms with Crippen molar-refractivity contribution < 1.29 is 4.74 Å².